The number of sulfonamides is 1. The summed E-state index contributed by atoms with van der Waals surface area (Å²) in [6, 6.07) is 16.0. The maximum absolute atomic E-state index is 14.4. The topological polar surface area (TPSA) is 86.8 Å². The molecule has 7 nitrogen and oxygen atoms in total. The molecular formula is C28H32FN3O4S. The van der Waals surface area contributed by atoms with E-state index in [-0.39, 0.29) is 48.6 Å². The number of carbonyl (C=O) groups excluding carboxylic acids is 2. The summed E-state index contributed by atoms with van der Waals surface area (Å²) < 4.78 is 42.2. The van der Waals surface area contributed by atoms with Gasteiger partial charge >= 0.3 is 0 Å². The molecule has 4 rings (SSSR count). The van der Waals surface area contributed by atoms with Crippen LogP contribution in [0.15, 0.2) is 65.6 Å². The first-order chi connectivity index (χ1) is 17.6. The van der Waals surface area contributed by atoms with Gasteiger partial charge in [-0.2, -0.15) is 0 Å². The molecule has 0 spiro atoms. The lowest BCUT2D eigenvalue weighted by atomic mass is 10.1. The molecule has 1 aliphatic heterocycles. The number of nitrogens with zero attached hydrogens (tertiary/aromatic N) is 2. The Balaban J connectivity index is 1.49. The van der Waals surface area contributed by atoms with E-state index >= 15 is 0 Å². The summed E-state index contributed by atoms with van der Waals surface area (Å²) in [6.45, 7) is 6.08. The molecule has 0 aromatic heterocycles. The van der Waals surface area contributed by atoms with Gasteiger partial charge < -0.3 is 10.2 Å². The van der Waals surface area contributed by atoms with Crippen molar-refractivity contribution >= 4 is 38.3 Å². The summed E-state index contributed by atoms with van der Waals surface area (Å²) >= 11 is 0. The third-order valence-electron chi connectivity index (χ3n) is 6.58. The lowest BCUT2D eigenvalue weighted by Gasteiger charge is -2.29. The maximum atomic E-state index is 14.4. The quantitative estimate of drug-likeness (QED) is 0.424. The van der Waals surface area contributed by atoms with Crippen LogP contribution in [0.25, 0.3) is 10.8 Å². The van der Waals surface area contributed by atoms with Crippen molar-refractivity contribution in [2.45, 2.75) is 51.1 Å². The molecule has 37 heavy (non-hydrogen) atoms. The van der Waals surface area contributed by atoms with Gasteiger partial charge in [0.1, 0.15) is 11.9 Å². The molecule has 0 unspecified atom stereocenters. The predicted octanol–water partition coefficient (Wildman–Crippen LogP) is 4.46. The van der Waals surface area contributed by atoms with Gasteiger partial charge in [0.2, 0.25) is 11.8 Å². The molecule has 0 aliphatic carbocycles. The van der Waals surface area contributed by atoms with Crippen LogP contribution in [0.5, 0.6) is 0 Å². The zero-order chi connectivity index (χ0) is 26.7. The predicted molar refractivity (Wildman–Crippen MR) is 142 cm³/mol. The molecule has 9 heteroatoms. The average molecular weight is 526 g/mol. The Morgan fingerprint density at radius 1 is 1.00 bits per heavy atom. The van der Waals surface area contributed by atoms with E-state index in [9.17, 15) is 22.4 Å². The second-order valence-electron chi connectivity index (χ2n) is 9.74. The van der Waals surface area contributed by atoms with E-state index in [1.807, 2.05) is 32.0 Å². The number of rotatable bonds is 10. The molecule has 0 bridgehead atoms. The molecule has 3 aromatic rings. The van der Waals surface area contributed by atoms with Crippen molar-refractivity contribution in [1.29, 1.82) is 0 Å². The second kappa shape index (κ2) is 10.9. The third-order valence-corrected chi connectivity index (χ3v) is 8.44. The van der Waals surface area contributed by atoms with E-state index in [1.165, 1.54) is 15.3 Å². The zero-order valence-corrected chi connectivity index (χ0v) is 22.1. The molecule has 1 N–H and O–H groups in total. The fourth-order valence-electron chi connectivity index (χ4n) is 4.56. The zero-order valence-electron chi connectivity index (χ0n) is 21.3. The van der Waals surface area contributed by atoms with E-state index in [0.717, 1.165) is 5.39 Å². The highest BCUT2D eigenvalue weighted by Gasteiger charge is 2.35. The normalized spacial score (nSPS) is 14.7. The summed E-state index contributed by atoms with van der Waals surface area (Å²) in [7, 11) is -3.72. The van der Waals surface area contributed by atoms with Gasteiger partial charge in [-0.15, -0.1) is 0 Å². The first-order valence-electron chi connectivity index (χ1n) is 12.5. The molecule has 196 valence electrons. The van der Waals surface area contributed by atoms with Crippen molar-refractivity contribution < 1.29 is 22.4 Å². The highest BCUT2D eigenvalue weighted by molar-refractivity contribution is 7.93. The van der Waals surface area contributed by atoms with Gasteiger partial charge in [0.25, 0.3) is 10.0 Å². The minimum atomic E-state index is -3.72. The number of benzene rings is 3. The van der Waals surface area contributed by atoms with Crippen LogP contribution >= 0.6 is 0 Å². The molecule has 3 aromatic carbocycles. The standard InChI is InChI=1S/C28H32FN3O4S/c1-19(2)17-30-28(34)20(3)31(18-22-9-4-5-12-23(22)29)26(33)15-8-16-32-24-13-6-10-21-11-7-14-25(27(21)24)37(32,35)36/h4-7,9-14,19-20H,8,15-18H2,1-3H3,(H,30,34)/t20-/m0/s1. The summed E-state index contributed by atoms with van der Waals surface area (Å²) in [5, 5.41) is 4.37. The minimum Gasteiger partial charge on any atom is -0.354 e. The van der Waals surface area contributed by atoms with Gasteiger partial charge in [-0.05, 0) is 42.8 Å². The van der Waals surface area contributed by atoms with Gasteiger partial charge in [-0.1, -0.05) is 56.3 Å². The lowest BCUT2D eigenvalue weighted by Crippen LogP contribution is -2.48. The first kappa shape index (κ1) is 26.6. The fraction of sp³-hybridized carbons (Fsp3) is 0.357. The Hall–Kier alpha value is -3.46. The number of hydrogen-bond acceptors (Lipinski definition) is 4. The monoisotopic (exact) mass is 525 g/mol. The van der Waals surface area contributed by atoms with Crippen molar-refractivity contribution in [2.75, 3.05) is 17.4 Å². The van der Waals surface area contributed by atoms with Crippen LogP contribution in [0.3, 0.4) is 0 Å². The number of anilines is 1. The van der Waals surface area contributed by atoms with Crippen molar-refractivity contribution in [1.82, 2.24) is 10.2 Å². The number of halogens is 1. The number of amides is 2. The van der Waals surface area contributed by atoms with Crippen LogP contribution in [0.2, 0.25) is 0 Å². The van der Waals surface area contributed by atoms with Crippen LogP contribution in [0, 0.1) is 11.7 Å². The van der Waals surface area contributed by atoms with Crippen LogP contribution < -0.4 is 9.62 Å². The van der Waals surface area contributed by atoms with Gasteiger partial charge in [-0.3, -0.25) is 13.9 Å². The Labute approximate surface area is 217 Å². The average Bonchev–Trinajstić information content (AvgIpc) is 3.09. The minimum absolute atomic E-state index is 0.00853. The third kappa shape index (κ3) is 5.46. The molecule has 0 fully saturated rings. The number of hydrogen-bond donors (Lipinski definition) is 1. The number of carbonyl (C=O) groups is 2. The first-order valence-corrected chi connectivity index (χ1v) is 13.9. The lowest BCUT2D eigenvalue weighted by molar-refractivity contribution is -0.140. The summed E-state index contributed by atoms with van der Waals surface area (Å²) in [6.07, 6.45) is 0.255. The molecule has 2 amide bonds. The fourth-order valence-corrected chi connectivity index (χ4v) is 6.31. The van der Waals surface area contributed by atoms with E-state index < -0.39 is 21.9 Å². The summed E-state index contributed by atoms with van der Waals surface area (Å²) in [5.74, 6) is -0.877. The van der Waals surface area contributed by atoms with E-state index in [0.29, 0.717) is 23.2 Å². The van der Waals surface area contributed by atoms with Crippen molar-refractivity contribution in [3.05, 3.63) is 72.0 Å². The highest BCUT2D eigenvalue weighted by Crippen LogP contribution is 2.42. The van der Waals surface area contributed by atoms with Crippen molar-refractivity contribution in [2.24, 2.45) is 5.92 Å². The largest absolute Gasteiger partial charge is 0.354 e. The smallest absolute Gasteiger partial charge is 0.265 e. The summed E-state index contributed by atoms with van der Waals surface area (Å²) in [4.78, 5) is 27.8. The van der Waals surface area contributed by atoms with Crippen LogP contribution in [0.1, 0.15) is 39.2 Å². The van der Waals surface area contributed by atoms with E-state index in [4.69, 9.17) is 0 Å². The van der Waals surface area contributed by atoms with Gasteiger partial charge in [0.15, 0.2) is 0 Å². The van der Waals surface area contributed by atoms with Gasteiger partial charge in [0.05, 0.1) is 10.6 Å². The van der Waals surface area contributed by atoms with E-state index in [2.05, 4.69) is 5.32 Å². The van der Waals surface area contributed by atoms with Crippen LogP contribution in [-0.4, -0.2) is 44.3 Å². The molecular weight excluding hydrogens is 493 g/mol. The Morgan fingerprint density at radius 2 is 1.70 bits per heavy atom. The van der Waals surface area contributed by atoms with E-state index in [1.54, 1.807) is 43.3 Å². The molecule has 1 heterocycles. The molecule has 1 atom stereocenters. The summed E-state index contributed by atoms with van der Waals surface area (Å²) in [5.41, 5.74) is 0.911. The van der Waals surface area contributed by atoms with Crippen molar-refractivity contribution in [3.63, 3.8) is 0 Å². The number of nitrogens with one attached hydrogen (secondary N) is 1. The molecule has 1 aliphatic rings. The maximum Gasteiger partial charge on any atom is 0.265 e. The van der Waals surface area contributed by atoms with Crippen molar-refractivity contribution in [3.8, 4) is 0 Å². The SMILES string of the molecule is CC(C)CNC(=O)[C@H](C)N(Cc1ccccc1F)C(=O)CCCN1c2cccc3cccc(c23)S1(=O)=O. The highest BCUT2D eigenvalue weighted by atomic mass is 32.2. The Morgan fingerprint density at radius 3 is 2.41 bits per heavy atom. The van der Waals surface area contributed by atoms with Gasteiger partial charge in [0, 0.05) is 37.0 Å². The van der Waals surface area contributed by atoms with Crippen LogP contribution in [-0.2, 0) is 26.2 Å². The van der Waals surface area contributed by atoms with Crippen LogP contribution in [0.4, 0.5) is 10.1 Å². The van der Waals surface area contributed by atoms with Gasteiger partial charge in [-0.25, -0.2) is 12.8 Å². The molecule has 0 radical (unpaired) electrons. The Bertz CT molecular complexity index is 1420. The second-order valence-corrected chi connectivity index (χ2v) is 11.6. The molecule has 0 saturated heterocycles. The Kier molecular flexibility index (Phi) is 7.82. The molecule has 0 saturated carbocycles.